The fourth-order valence-electron chi connectivity index (χ4n) is 2.16. The predicted molar refractivity (Wildman–Crippen MR) is 70.1 cm³/mol. The average Bonchev–Trinajstić information content (AvgIpc) is 2.28. The van der Waals surface area contributed by atoms with Crippen molar-refractivity contribution in [3.8, 4) is 0 Å². The molecule has 0 saturated carbocycles. The van der Waals surface area contributed by atoms with Gasteiger partial charge in [-0.25, -0.2) is 0 Å². The van der Waals surface area contributed by atoms with Crippen LogP contribution in [-0.4, -0.2) is 38.0 Å². The van der Waals surface area contributed by atoms with E-state index in [1.54, 1.807) is 19.0 Å². The van der Waals surface area contributed by atoms with E-state index in [4.69, 9.17) is 5.73 Å². The maximum absolute atomic E-state index is 11.7. The molecule has 0 fully saturated rings. The number of aryl methyl sites for hydroxylation is 1. The molecule has 0 bridgehead atoms. The number of nitrogens with two attached hydrogens (primary N) is 1. The van der Waals surface area contributed by atoms with Gasteiger partial charge < -0.3 is 15.5 Å². The Kier molecular flexibility index (Phi) is 3.22. The number of likely N-dealkylation sites (N-methyl/N-ethyl adjacent to an activating group) is 1. The van der Waals surface area contributed by atoms with Gasteiger partial charge >= 0.3 is 0 Å². The lowest BCUT2D eigenvalue weighted by Gasteiger charge is -2.31. The zero-order valence-electron chi connectivity index (χ0n) is 10.4. The SMILES string of the molecule is CN(C)C(=O)CN1CCCc2cc(N)ccc21. The summed E-state index contributed by atoms with van der Waals surface area (Å²) in [5.74, 6) is 0.134. The molecule has 0 atom stereocenters. The Balaban J connectivity index is 2.20. The molecule has 0 radical (unpaired) electrons. The smallest absolute Gasteiger partial charge is 0.241 e. The van der Waals surface area contributed by atoms with Crippen LogP contribution in [0.3, 0.4) is 0 Å². The summed E-state index contributed by atoms with van der Waals surface area (Å²) >= 11 is 0. The van der Waals surface area contributed by atoms with Crippen molar-refractivity contribution in [3.05, 3.63) is 23.8 Å². The molecule has 1 heterocycles. The van der Waals surface area contributed by atoms with Crippen LogP contribution in [0.5, 0.6) is 0 Å². The van der Waals surface area contributed by atoms with E-state index in [1.807, 2.05) is 18.2 Å². The third kappa shape index (κ3) is 2.52. The molecule has 17 heavy (non-hydrogen) atoms. The van der Waals surface area contributed by atoms with Crippen molar-refractivity contribution in [3.63, 3.8) is 0 Å². The Hall–Kier alpha value is -1.71. The van der Waals surface area contributed by atoms with Crippen LogP contribution in [0.4, 0.5) is 11.4 Å². The van der Waals surface area contributed by atoms with E-state index in [0.717, 1.165) is 30.8 Å². The number of nitrogen functional groups attached to an aromatic ring is 1. The fraction of sp³-hybridized carbons (Fsp3) is 0.462. The van der Waals surface area contributed by atoms with E-state index in [-0.39, 0.29) is 5.91 Å². The Morgan fingerprint density at radius 3 is 2.94 bits per heavy atom. The van der Waals surface area contributed by atoms with Crippen LogP contribution in [-0.2, 0) is 11.2 Å². The minimum Gasteiger partial charge on any atom is -0.399 e. The Bertz CT molecular complexity index is 429. The summed E-state index contributed by atoms with van der Waals surface area (Å²) in [7, 11) is 3.58. The topological polar surface area (TPSA) is 49.6 Å². The van der Waals surface area contributed by atoms with Crippen LogP contribution in [0.15, 0.2) is 18.2 Å². The molecule has 1 aliphatic rings. The highest BCUT2D eigenvalue weighted by atomic mass is 16.2. The quantitative estimate of drug-likeness (QED) is 0.778. The van der Waals surface area contributed by atoms with Gasteiger partial charge in [-0.15, -0.1) is 0 Å². The van der Waals surface area contributed by atoms with Gasteiger partial charge in [0.1, 0.15) is 0 Å². The molecule has 1 amide bonds. The van der Waals surface area contributed by atoms with Gasteiger partial charge in [0.15, 0.2) is 0 Å². The Morgan fingerprint density at radius 1 is 1.47 bits per heavy atom. The molecule has 0 aliphatic carbocycles. The van der Waals surface area contributed by atoms with Crippen molar-refractivity contribution in [2.24, 2.45) is 0 Å². The summed E-state index contributed by atoms with van der Waals surface area (Å²) < 4.78 is 0. The molecular formula is C13H19N3O. The summed E-state index contributed by atoms with van der Waals surface area (Å²) in [6.07, 6.45) is 2.13. The number of hydrogen-bond acceptors (Lipinski definition) is 3. The second-order valence-electron chi connectivity index (χ2n) is 4.70. The van der Waals surface area contributed by atoms with E-state index >= 15 is 0 Å². The summed E-state index contributed by atoms with van der Waals surface area (Å²) in [6, 6.07) is 5.94. The Labute approximate surface area is 102 Å². The first-order valence-corrected chi connectivity index (χ1v) is 5.91. The number of amides is 1. The number of anilines is 2. The lowest BCUT2D eigenvalue weighted by Crippen LogP contribution is -2.39. The van der Waals surface area contributed by atoms with Crippen LogP contribution in [0.1, 0.15) is 12.0 Å². The summed E-state index contributed by atoms with van der Waals surface area (Å²) in [4.78, 5) is 15.5. The first-order valence-electron chi connectivity index (χ1n) is 5.91. The van der Waals surface area contributed by atoms with Crippen LogP contribution in [0, 0.1) is 0 Å². The molecule has 4 heteroatoms. The zero-order valence-corrected chi connectivity index (χ0v) is 10.4. The third-order valence-corrected chi connectivity index (χ3v) is 3.14. The van der Waals surface area contributed by atoms with Crippen molar-refractivity contribution in [1.82, 2.24) is 4.90 Å². The number of benzene rings is 1. The second-order valence-corrected chi connectivity index (χ2v) is 4.70. The van der Waals surface area contributed by atoms with E-state index in [9.17, 15) is 4.79 Å². The zero-order chi connectivity index (χ0) is 12.4. The van der Waals surface area contributed by atoms with Crippen molar-refractivity contribution in [2.75, 3.05) is 37.8 Å². The molecule has 1 aliphatic heterocycles. The highest BCUT2D eigenvalue weighted by Gasteiger charge is 2.19. The molecule has 2 rings (SSSR count). The predicted octanol–water partition coefficient (Wildman–Crippen LogP) is 1.11. The molecule has 2 N–H and O–H groups in total. The lowest BCUT2D eigenvalue weighted by molar-refractivity contribution is -0.127. The Morgan fingerprint density at radius 2 is 2.24 bits per heavy atom. The van der Waals surface area contributed by atoms with Gasteiger partial charge in [0, 0.05) is 32.0 Å². The van der Waals surface area contributed by atoms with Crippen molar-refractivity contribution < 1.29 is 4.79 Å². The van der Waals surface area contributed by atoms with Crippen LogP contribution < -0.4 is 10.6 Å². The van der Waals surface area contributed by atoms with Crippen molar-refractivity contribution in [1.29, 1.82) is 0 Å². The molecule has 4 nitrogen and oxygen atoms in total. The molecule has 92 valence electrons. The molecule has 0 saturated heterocycles. The minimum absolute atomic E-state index is 0.134. The maximum Gasteiger partial charge on any atom is 0.241 e. The minimum atomic E-state index is 0.134. The van der Waals surface area contributed by atoms with Gasteiger partial charge in [-0.2, -0.15) is 0 Å². The molecule has 0 spiro atoms. The monoisotopic (exact) mass is 233 g/mol. The highest BCUT2D eigenvalue weighted by molar-refractivity contribution is 5.81. The van der Waals surface area contributed by atoms with E-state index in [1.165, 1.54) is 5.56 Å². The standard InChI is InChI=1S/C13H19N3O/c1-15(2)13(17)9-16-7-3-4-10-8-11(14)5-6-12(10)16/h5-6,8H,3-4,7,9,14H2,1-2H3. The summed E-state index contributed by atoms with van der Waals surface area (Å²) in [5, 5.41) is 0. The summed E-state index contributed by atoms with van der Waals surface area (Å²) in [5.41, 5.74) is 8.98. The molecule has 0 aromatic heterocycles. The van der Waals surface area contributed by atoms with Crippen molar-refractivity contribution in [2.45, 2.75) is 12.8 Å². The molecule has 1 aromatic rings. The number of nitrogens with zero attached hydrogens (tertiary/aromatic N) is 2. The van der Waals surface area contributed by atoms with Crippen LogP contribution in [0.25, 0.3) is 0 Å². The second kappa shape index (κ2) is 4.65. The largest absolute Gasteiger partial charge is 0.399 e. The van der Waals surface area contributed by atoms with Gasteiger partial charge in [-0.3, -0.25) is 4.79 Å². The molecule has 1 aromatic carbocycles. The van der Waals surface area contributed by atoms with Gasteiger partial charge in [-0.1, -0.05) is 0 Å². The normalized spacial score (nSPS) is 14.4. The van der Waals surface area contributed by atoms with Crippen LogP contribution in [0.2, 0.25) is 0 Å². The van der Waals surface area contributed by atoms with Crippen LogP contribution >= 0.6 is 0 Å². The van der Waals surface area contributed by atoms with Gasteiger partial charge in [0.05, 0.1) is 6.54 Å². The number of carbonyl (C=O) groups is 1. The number of hydrogen-bond donors (Lipinski definition) is 1. The number of carbonyl (C=O) groups excluding carboxylic acids is 1. The number of rotatable bonds is 2. The first kappa shape index (κ1) is 11.8. The first-order chi connectivity index (χ1) is 8.08. The van der Waals surface area contributed by atoms with E-state index in [2.05, 4.69) is 4.90 Å². The highest BCUT2D eigenvalue weighted by Crippen LogP contribution is 2.28. The maximum atomic E-state index is 11.7. The summed E-state index contributed by atoms with van der Waals surface area (Å²) in [6.45, 7) is 1.39. The third-order valence-electron chi connectivity index (χ3n) is 3.14. The van der Waals surface area contributed by atoms with Gasteiger partial charge in [0.25, 0.3) is 0 Å². The lowest BCUT2D eigenvalue weighted by atomic mass is 10.0. The molecule has 0 unspecified atom stereocenters. The molecular weight excluding hydrogens is 214 g/mol. The van der Waals surface area contributed by atoms with Crippen molar-refractivity contribution >= 4 is 17.3 Å². The van der Waals surface area contributed by atoms with Gasteiger partial charge in [0.2, 0.25) is 5.91 Å². The van der Waals surface area contributed by atoms with E-state index < -0.39 is 0 Å². The van der Waals surface area contributed by atoms with E-state index in [0.29, 0.717) is 6.54 Å². The average molecular weight is 233 g/mol. The fourth-order valence-corrected chi connectivity index (χ4v) is 2.16. The number of fused-ring (bicyclic) bond motifs is 1. The van der Waals surface area contributed by atoms with Gasteiger partial charge in [-0.05, 0) is 36.6 Å².